The quantitative estimate of drug-likeness (QED) is 0.743. The molecule has 0 aromatic heterocycles. The maximum absolute atomic E-state index is 12.4. The van der Waals surface area contributed by atoms with Gasteiger partial charge in [-0.15, -0.1) is 0 Å². The molecule has 28 heavy (non-hydrogen) atoms. The van der Waals surface area contributed by atoms with Crippen molar-refractivity contribution >= 4 is 27.5 Å². The van der Waals surface area contributed by atoms with Crippen LogP contribution in [0.25, 0.3) is 0 Å². The molecule has 2 rings (SSSR count). The van der Waals surface area contributed by atoms with E-state index in [1.54, 1.807) is 37.8 Å². The van der Waals surface area contributed by atoms with E-state index < -0.39 is 27.6 Å². The summed E-state index contributed by atoms with van der Waals surface area (Å²) in [6, 6.07) is 4.60. The number of benzene rings is 1. The van der Waals surface area contributed by atoms with Gasteiger partial charge in [0.1, 0.15) is 10.5 Å². The number of anilines is 1. The minimum Gasteiger partial charge on any atom is -0.465 e. The van der Waals surface area contributed by atoms with Crippen LogP contribution in [-0.4, -0.2) is 52.0 Å². The molecule has 0 bridgehead atoms. The zero-order valence-corrected chi connectivity index (χ0v) is 17.7. The highest BCUT2D eigenvalue weighted by atomic mass is 32.2. The largest absolute Gasteiger partial charge is 0.465 e. The number of hydrogen-bond donors (Lipinski definition) is 1. The molecule has 2 N–H and O–H groups in total. The van der Waals surface area contributed by atoms with Gasteiger partial charge in [-0.05, 0) is 45.7 Å². The number of carbonyl (C=O) groups is 2. The van der Waals surface area contributed by atoms with Crippen LogP contribution in [-0.2, 0) is 24.1 Å². The predicted molar refractivity (Wildman–Crippen MR) is 105 cm³/mol. The number of methoxy groups -OCH3 is 1. The maximum atomic E-state index is 12.4. The summed E-state index contributed by atoms with van der Waals surface area (Å²) in [5, 5.41) is 0. The molecular formula is C19H28N2O6S. The molecule has 0 spiro atoms. The van der Waals surface area contributed by atoms with E-state index in [1.807, 2.05) is 0 Å². The molecule has 0 amide bonds. The summed E-state index contributed by atoms with van der Waals surface area (Å²) in [5.74, 6) is -1.41. The fraction of sp³-hybridized carbons (Fsp3) is 0.579. The van der Waals surface area contributed by atoms with Gasteiger partial charge < -0.3 is 20.1 Å². The standard InChI is InChI=1S/C19H28N2O6S/c1-19(2,3)27-17(22)12-9-10-21(15(20)11-12)14-8-6-7-13(18(23)26-4)16(14)28(5,24)25/h6-8,12,15H,9-11,20H2,1-5H3. The van der Waals surface area contributed by atoms with Gasteiger partial charge in [-0.3, -0.25) is 4.79 Å². The molecule has 1 aliphatic rings. The zero-order chi connectivity index (χ0) is 21.3. The molecular weight excluding hydrogens is 384 g/mol. The Hall–Kier alpha value is -2.13. The Morgan fingerprint density at radius 3 is 2.39 bits per heavy atom. The molecule has 0 aliphatic carbocycles. The van der Waals surface area contributed by atoms with Gasteiger partial charge in [0.05, 0.1) is 30.4 Å². The second kappa shape index (κ2) is 8.08. The van der Waals surface area contributed by atoms with Crippen LogP contribution in [0.5, 0.6) is 0 Å². The number of ether oxygens (including phenoxy) is 2. The van der Waals surface area contributed by atoms with Crippen LogP contribution in [0.2, 0.25) is 0 Å². The number of hydrogen-bond acceptors (Lipinski definition) is 8. The first-order valence-electron chi connectivity index (χ1n) is 9.01. The minimum atomic E-state index is -3.74. The van der Waals surface area contributed by atoms with Crippen LogP contribution in [0.1, 0.15) is 44.0 Å². The van der Waals surface area contributed by atoms with Crippen LogP contribution >= 0.6 is 0 Å². The van der Waals surface area contributed by atoms with E-state index in [9.17, 15) is 18.0 Å². The number of piperidine rings is 1. The Balaban J connectivity index is 2.35. The predicted octanol–water partition coefficient (Wildman–Crippen LogP) is 1.72. The topological polar surface area (TPSA) is 116 Å². The Kier molecular flexibility index (Phi) is 6.40. The number of carbonyl (C=O) groups excluding carboxylic acids is 2. The highest BCUT2D eigenvalue weighted by Crippen LogP contribution is 2.34. The summed E-state index contributed by atoms with van der Waals surface area (Å²) < 4.78 is 35.0. The van der Waals surface area contributed by atoms with Crippen molar-refractivity contribution in [1.29, 1.82) is 0 Å². The van der Waals surface area contributed by atoms with Crippen molar-refractivity contribution in [3.8, 4) is 0 Å². The van der Waals surface area contributed by atoms with E-state index in [-0.39, 0.29) is 22.3 Å². The Morgan fingerprint density at radius 1 is 1.25 bits per heavy atom. The number of nitrogens with two attached hydrogens (primary N) is 1. The first-order valence-corrected chi connectivity index (χ1v) is 10.9. The van der Waals surface area contributed by atoms with Gasteiger partial charge in [0.25, 0.3) is 0 Å². The van der Waals surface area contributed by atoms with E-state index in [0.29, 0.717) is 25.1 Å². The van der Waals surface area contributed by atoms with Crippen LogP contribution in [0.4, 0.5) is 5.69 Å². The summed E-state index contributed by atoms with van der Waals surface area (Å²) in [5.41, 5.74) is 5.99. The van der Waals surface area contributed by atoms with Crippen molar-refractivity contribution in [2.24, 2.45) is 11.7 Å². The van der Waals surface area contributed by atoms with E-state index >= 15 is 0 Å². The molecule has 2 unspecified atom stereocenters. The first-order chi connectivity index (χ1) is 12.8. The third kappa shape index (κ3) is 5.02. The first kappa shape index (κ1) is 22.2. The zero-order valence-electron chi connectivity index (χ0n) is 16.9. The highest BCUT2D eigenvalue weighted by molar-refractivity contribution is 7.91. The van der Waals surface area contributed by atoms with Gasteiger partial charge in [-0.2, -0.15) is 0 Å². The Morgan fingerprint density at radius 2 is 1.89 bits per heavy atom. The number of rotatable bonds is 4. The average molecular weight is 413 g/mol. The van der Waals surface area contributed by atoms with Crippen molar-refractivity contribution in [3.05, 3.63) is 23.8 Å². The van der Waals surface area contributed by atoms with E-state index in [4.69, 9.17) is 15.2 Å². The molecule has 2 atom stereocenters. The molecule has 1 aromatic carbocycles. The number of nitrogens with zero attached hydrogens (tertiary/aromatic N) is 1. The maximum Gasteiger partial charge on any atom is 0.339 e. The monoisotopic (exact) mass is 412 g/mol. The molecule has 156 valence electrons. The van der Waals surface area contributed by atoms with E-state index in [1.165, 1.54) is 13.2 Å². The van der Waals surface area contributed by atoms with Crippen LogP contribution in [0.15, 0.2) is 23.1 Å². The van der Waals surface area contributed by atoms with Gasteiger partial charge in [0.2, 0.25) is 0 Å². The fourth-order valence-electron chi connectivity index (χ4n) is 3.31. The Labute approximate surface area is 165 Å². The molecule has 0 radical (unpaired) electrons. The van der Waals surface area contributed by atoms with Gasteiger partial charge in [0, 0.05) is 12.8 Å². The number of esters is 2. The molecule has 9 heteroatoms. The van der Waals surface area contributed by atoms with Crippen LogP contribution in [0.3, 0.4) is 0 Å². The molecule has 1 saturated heterocycles. The molecule has 1 aliphatic heterocycles. The summed E-state index contributed by atoms with van der Waals surface area (Å²) in [7, 11) is -2.54. The van der Waals surface area contributed by atoms with Crippen molar-refractivity contribution in [2.45, 2.75) is 50.3 Å². The molecule has 1 aromatic rings. The highest BCUT2D eigenvalue weighted by Gasteiger charge is 2.35. The van der Waals surface area contributed by atoms with Crippen molar-refractivity contribution in [2.75, 3.05) is 24.8 Å². The smallest absolute Gasteiger partial charge is 0.339 e. The SMILES string of the molecule is COC(=O)c1cccc(N2CCC(C(=O)OC(C)(C)C)CC2N)c1S(C)(=O)=O. The lowest BCUT2D eigenvalue weighted by Gasteiger charge is -2.39. The van der Waals surface area contributed by atoms with Crippen molar-refractivity contribution in [3.63, 3.8) is 0 Å². The molecule has 8 nitrogen and oxygen atoms in total. The van der Waals surface area contributed by atoms with Gasteiger partial charge in [-0.1, -0.05) is 6.07 Å². The third-order valence-electron chi connectivity index (χ3n) is 4.46. The second-order valence-electron chi connectivity index (χ2n) is 7.93. The second-order valence-corrected chi connectivity index (χ2v) is 9.89. The summed E-state index contributed by atoms with van der Waals surface area (Å²) in [4.78, 5) is 26.0. The Bertz CT molecular complexity index is 860. The van der Waals surface area contributed by atoms with Crippen molar-refractivity contribution in [1.82, 2.24) is 0 Å². The minimum absolute atomic E-state index is 0.0380. The van der Waals surface area contributed by atoms with Gasteiger partial charge in [0.15, 0.2) is 9.84 Å². The fourth-order valence-corrected chi connectivity index (χ4v) is 4.42. The summed E-state index contributed by atoms with van der Waals surface area (Å²) in [6.07, 6.45) is 1.23. The van der Waals surface area contributed by atoms with E-state index in [0.717, 1.165) is 6.26 Å². The van der Waals surface area contributed by atoms with Gasteiger partial charge >= 0.3 is 11.9 Å². The molecule has 1 fully saturated rings. The lowest BCUT2D eigenvalue weighted by atomic mass is 9.93. The summed E-state index contributed by atoms with van der Waals surface area (Å²) >= 11 is 0. The normalized spacial score (nSPS) is 20.6. The van der Waals surface area contributed by atoms with E-state index in [2.05, 4.69) is 0 Å². The van der Waals surface area contributed by atoms with Crippen molar-refractivity contribution < 1.29 is 27.5 Å². The third-order valence-corrected chi connectivity index (χ3v) is 5.64. The lowest BCUT2D eigenvalue weighted by Crippen LogP contribution is -2.50. The van der Waals surface area contributed by atoms with Gasteiger partial charge in [-0.25, -0.2) is 13.2 Å². The lowest BCUT2D eigenvalue weighted by molar-refractivity contribution is -0.161. The summed E-state index contributed by atoms with van der Waals surface area (Å²) in [6.45, 7) is 5.77. The molecule has 1 heterocycles. The molecule has 0 saturated carbocycles. The number of sulfone groups is 1. The van der Waals surface area contributed by atoms with Crippen LogP contribution in [0, 0.1) is 5.92 Å². The average Bonchev–Trinajstić information content (AvgIpc) is 2.58. The van der Waals surface area contributed by atoms with Crippen LogP contribution < -0.4 is 10.6 Å².